The number of likely N-dealkylation sites (tertiary alicyclic amines) is 1. The fourth-order valence-corrected chi connectivity index (χ4v) is 4.02. The van der Waals surface area contributed by atoms with Gasteiger partial charge in [-0.25, -0.2) is 4.99 Å². The van der Waals surface area contributed by atoms with Gasteiger partial charge in [0, 0.05) is 25.5 Å². The van der Waals surface area contributed by atoms with Gasteiger partial charge in [-0.3, -0.25) is 9.69 Å². The highest BCUT2D eigenvalue weighted by Crippen LogP contribution is 2.14. The average molecular weight is 556 g/mol. The first-order valence-electron chi connectivity index (χ1n) is 10.6. The smallest absolute Gasteiger partial charge is 0.241 e. The van der Waals surface area contributed by atoms with Crippen LogP contribution in [0, 0.1) is 0 Å². The second-order valence-corrected chi connectivity index (χ2v) is 8.93. The minimum atomic E-state index is 0. The van der Waals surface area contributed by atoms with Crippen molar-refractivity contribution in [3.63, 3.8) is 0 Å². The van der Waals surface area contributed by atoms with Gasteiger partial charge in [0.2, 0.25) is 5.91 Å². The molecule has 0 saturated carbocycles. The van der Waals surface area contributed by atoms with Gasteiger partial charge in [-0.05, 0) is 48.5 Å². The molecule has 170 valence electrons. The summed E-state index contributed by atoms with van der Waals surface area (Å²) < 4.78 is 0. The van der Waals surface area contributed by atoms with E-state index in [-0.39, 0.29) is 36.4 Å². The Hall–Kier alpha value is -1.65. The van der Waals surface area contributed by atoms with Crippen LogP contribution in [0.1, 0.15) is 35.3 Å². The van der Waals surface area contributed by atoms with E-state index in [1.165, 1.54) is 42.8 Å². The fraction of sp³-hybridized carbons (Fsp3) is 0.478. The van der Waals surface area contributed by atoms with Gasteiger partial charge in [-0.15, -0.1) is 35.3 Å². The summed E-state index contributed by atoms with van der Waals surface area (Å²) in [7, 11) is 3.51. The molecule has 1 aromatic carbocycles. The molecule has 1 saturated heterocycles. The Morgan fingerprint density at radius 1 is 1.06 bits per heavy atom. The summed E-state index contributed by atoms with van der Waals surface area (Å²) in [5.41, 5.74) is 2.52. The maximum Gasteiger partial charge on any atom is 0.241 e. The number of nitrogens with zero attached hydrogens (tertiary/aromatic N) is 3. The fourth-order valence-electron chi connectivity index (χ4n) is 3.37. The summed E-state index contributed by atoms with van der Waals surface area (Å²) in [6, 6.07) is 12.9. The number of aliphatic imine (C=N–C) groups is 1. The predicted molar refractivity (Wildman–Crippen MR) is 140 cm³/mol. The standard InChI is InChI=1S/C23H33N5OS.HI/c1-27(2)22(29)17-26-23(25-16-21-7-6-14-30-21)24-15-19-8-10-20(11-9-19)18-28-12-4-3-5-13-28;/h6-11,14H,3-5,12-13,15-18H2,1-2H3,(H2,24,25,26);1H. The monoisotopic (exact) mass is 555 g/mol. The summed E-state index contributed by atoms with van der Waals surface area (Å²) >= 11 is 1.70. The maximum atomic E-state index is 11.9. The van der Waals surface area contributed by atoms with E-state index < -0.39 is 0 Å². The number of rotatable bonds is 8. The zero-order valence-corrected chi connectivity index (χ0v) is 21.6. The second kappa shape index (κ2) is 13.7. The molecule has 6 nitrogen and oxygen atoms in total. The van der Waals surface area contributed by atoms with Crippen LogP contribution >= 0.6 is 35.3 Å². The molecule has 31 heavy (non-hydrogen) atoms. The van der Waals surface area contributed by atoms with Crippen LogP contribution in [0.15, 0.2) is 46.8 Å². The number of hydrogen-bond donors (Lipinski definition) is 2. The number of amides is 1. The number of carbonyl (C=O) groups is 1. The van der Waals surface area contributed by atoms with Crippen LogP contribution in [0.5, 0.6) is 0 Å². The van der Waals surface area contributed by atoms with E-state index in [1.807, 2.05) is 6.07 Å². The molecule has 2 aromatic rings. The Morgan fingerprint density at radius 2 is 1.77 bits per heavy atom. The van der Waals surface area contributed by atoms with Crippen LogP contribution in [0.2, 0.25) is 0 Å². The minimum Gasteiger partial charge on any atom is -0.351 e. The first-order chi connectivity index (χ1) is 14.6. The van der Waals surface area contributed by atoms with Crippen molar-refractivity contribution in [2.45, 2.75) is 38.9 Å². The van der Waals surface area contributed by atoms with Crippen molar-refractivity contribution < 1.29 is 4.79 Å². The van der Waals surface area contributed by atoms with Crippen LogP contribution in [0.25, 0.3) is 0 Å². The Bertz CT molecular complexity index is 802. The van der Waals surface area contributed by atoms with Gasteiger partial charge < -0.3 is 15.5 Å². The number of thiophene rings is 1. The van der Waals surface area contributed by atoms with E-state index in [0.717, 1.165) is 12.1 Å². The SMILES string of the molecule is CN(C)C(=O)CNC(=NCc1ccc(CN2CCCCC2)cc1)NCc1cccs1.I. The molecule has 0 aliphatic carbocycles. The van der Waals surface area contributed by atoms with Gasteiger partial charge in [-0.2, -0.15) is 0 Å². The molecule has 3 rings (SSSR count). The summed E-state index contributed by atoms with van der Waals surface area (Å²) in [5, 5.41) is 8.53. The third-order valence-electron chi connectivity index (χ3n) is 5.21. The number of benzene rings is 1. The molecular formula is C23H34IN5OS. The molecule has 0 atom stereocenters. The number of carbonyl (C=O) groups excluding carboxylic acids is 1. The summed E-state index contributed by atoms with van der Waals surface area (Å²) in [4.78, 5) is 22.0. The third kappa shape index (κ3) is 9.16. The van der Waals surface area contributed by atoms with Crippen molar-refractivity contribution in [1.29, 1.82) is 0 Å². The van der Waals surface area contributed by atoms with E-state index in [9.17, 15) is 4.79 Å². The molecule has 8 heteroatoms. The normalized spacial score (nSPS) is 14.6. The van der Waals surface area contributed by atoms with E-state index in [1.54, 1.807) is 30.3 Å². The zero-order chi connectivity index (χ0) is 21.2. The summed E-state index contributed by atoms with van der Waals surface area (Å²) in [6.07, 6.45) is 4.00. The van der Waals surface area contributed by atoms with Crippen LogP contribution in [-0.2, 0) is 24.4 Å². The maximum absolute atomic E-state index is 11.9. The number of hydrogen-bond acceptors (Lipinski definition) is 4. The molecule has 0 radical (unpaired) electrons. The van der Waals surface area contributed by atoms with Gasteiger partial charge in [0.05, 0.1) is 19.6 Å². The molecule has 1 aliphatic heterocycles. The summed E-state index contributed by atoms with van der Waals surface area (Å²) in [6.45, 7) is 4.93. The Morgan fingerprint density at radius 3 is 2.42 bits per heavy atom. The molecule has 1 aromatic heterocycles. The van der Waals surface area contributed by atoms with Gasteiger partial charge >= 0.3 is 0 Å². The molecular weight excluding hydrogens is 521 g/mol. The van der Waals surface area contributed by atoms with Crippen LogP contribution < -0.4 is 10.6 Å². The van der Waals surface area contributed by atoms with Gasteiger partial charge in [0.15, 0.2) is 5.96 Å². The highest BCUT2D eigenvalue weighted by molar-refractivity contribution is 14.0. The average Bonchev–Trinajstić information content (AvgIpc) is 3.28. The first-order valence-corrected chi connectivity index (χ1v) is 11.5. The lowest BCUT2D eigenvalue weighted by molar-refractivity contribution is -0.127. The Kier molecular flexibility index (Phi) is 11.3. The Labute approximate surface area is 207 Å². The number of piperidine rings is 1. The molecule has 1 aliphatic rings. The van der Waals surface area contributed by atoms with Gasteiger partial charge in [0.25, 0.3) is 0 Å². The first kappa shape index (κ1) is 25.6. The molecule has 0 spiro atoms. The minimum absolute atomic E-state index is 0. The number of likely N-dealkylation sites (N-methyl/N-ethyl adjacent to an activating group) is 1. The molecule has 0 bridgehead atoms. The van der Waals surface area contributed by atoms with Crippen LogP contribution in [0.3, 0.4) is 0 Å². The van der Waals surface area contributed by atoms with E-state index >= 15 is 0 Å². The van der Waals surface area contributed by atoms with E-state index in [4.69, 9.17) is 0 Å². The largest absolute Gasteiger partial charge is 0.351 e. The molecule has 2 N–H and O–H groups in total. The number of nitrogens with one attached hydrogen (secondary N) is 2. The molecule has 1 amide bonds. The van der Waals surface area contributed by atoms with Crippen LogP contribution in [-0.4, -0.2) is 55.4 Å². The van der Waals surface area contributed by atoms with Crippen molar-refractivity contribution in [3.05, 3.63) is 57.8 Å². The Balaban J connectivity index is 0.00000341. The quantitative estimate of drug-likeness (QED) is 0.297. The second-order valence-electron chi connectivity index (χ2n) is 7.89. The van der Waals surface area contributed by atoms with Gasteiger partial charge in [-0.1, -0.05) is 36.8 Å². The number of guanidine groups is 1. The van der Waals surface area contributed by atoms with Crippen LogP contribution in [0.4, 0.5) is 0 Å². The van der Waals surface area contributed by atoms with Crippen molar-refractivity contribution in [2.75, 3.05) is 33.7 Å². The molecule has 1 fully saturated rings. The lowest BCUT2D eigenvalue weighted by Gasteiger charge is -2.26. The number of halogens is 1. The topological polar surface area (TPSA) is 60.0 Å². The van der Waals surface area contributed by atoms with Crippen molar-refractivity contribution in [1.82, 2.24) is 20.4 Å². The predicted octanol–water partition coefficient (Wildman–Crippen LogP) is 3.68. The lowest BCUT2D eigenvalue weighted by atomic mass is 10.1. The lowest BCUT2D eigenvalue weighted by Crippen LogP contribution is -2.42. The molecule has 2 heterocycles. The molecule has 0 unspecified atom stereocenters. The van der Waals surface area contributed by atoms with Crippen molar-refractivity contribution >= 4 is 47.2 Å². The van der Waals surface area contributed by atoms with Crippen molar-refractivity contribution in [3.8, 4) is 0 Å². The van der Waals surface area contributed by atoms with E-state index in [2.05, 4.69) is 56.2 Å². The van der Waals surface area contributed by atoms with E-state index in [0.29, 0.717) is 19.0 Å². The van der Waals surface area contributed by atoms with Crippen molar-refractivity contribution in [2.24, 2.45) is 4.99 Å². The highest BCUT2D eigenvalue weighted by Gasteiger charge is 2.10. The highest BCUT2D eigenvalue weighted by atomic mass is 127. The van der Waals surface area contributed by atoms with Gasteiger partial charge in [0.1, 0.15) is 0 Å². The summed E-state index contributed by atoms with van der Waals surface area (Å²) in [5.74, 6) is 0.665. The third-order valence-corrected chi connectivity index (χ3v) is 6.09. The zero-order valence-electron chi connectivity index (χ0n) is 18.5.